The van der Waals surface area contributed by atoms with Crippen LogP contribution in [0.4, 0.5) is 0 Å². The summed E-state index contributed by atoms with van der Waals surface area (Å²) in [4.78, 5) is 12.0. The molecule has 1 saturated heterocycles. The molecule has 1 fully saturated rings. The van der Waals surface area contributed by atoms with E-state index in [4.69, 9.17) is 14.2 Å². The van der Waals surface area contributed by atoms with Crippen molar-refractivity contribution < 1.29 is 19.0 Å². The molecule has 22 heavy (non-hydrogen) atoms. The zero-order chi connectivity index (χ0) is 15.4. The van der Waals surface area contributed by atoms with Crippen LogP contribution in [0.25, 0.3) is 0 Å². The minimum Gasteiger partial charge on any atom is -0.497 e. The van der Waals surface area contributed by atoms with Gasteiger partial charge in [0.05, 0.1) is 12.7 Å². The van der Waals surface area contributed by atoms with E-state index >= 15 is 0 Å². The normalized spacial score (nSPS) is 19.5. The molecule has 0 saturated carbocycles. The number of hydrogen-bond donors (Lipinski definition) is 0. The van der Waals surface area contributed by atoms with Crippen molar-refractivity contribution in [2.24, 2.45) is 0 Å². The number of carbonyl (C=O) groups is 1. The van der Waals surface area contributed by atoms with Gasteiger partial charge in [0.25, 0.3) is 0 Å². The number of benzene rings is 2. The minimum absolute atomic E-state index is 0.00223. The Balaban J connectivity index is 1.45. The summed E-state index contributed by atoms with van der Waals surface area (Å²) in [6.07, 6.45) is 1.35. The van der Waals surface area contributed by atoms with Crippen LogP contribution in [-0.2, 0) is 15.9 Å². The topological polar surface area (TPSA) is 48.1 Å². The summed E-state index contributed by atoms with van der Waals surface area (Å²) in [5.41, 5.74) is 1.76. The predicted octanol–water partition coefficient (Wildman–Crippen LogP) is 3.21. The Morgan fingerprint density at radius 2 is 1.82 bits per heavy atom. The monoisotopic (exact) mass is 298 g/mol. The van der Waals surface area contributed by atoms with E-state index in [0.717, 1.165) is 12.8 Å². The third kappa shape index (κ3) is 3.65. The number of ether oxygens (including phenoxy) is 3. The molecule has 1 aliphatic rings. The van der Waals surface area contributed by atoms with E-state index < -0.39 is 6.29 Å². The van der Waals surface area contributed by atoms with Gasteiger partial charge in [0.2, 0.25) is 6.29 Å². The van der Waals surface area contributed by atoms with Crippen LogP contribution in [0.1, 0.15) is 22.3 Å². The van der Waals surface area contributed by atoms with Crippen LogP contribution < -0.4 is 4.74 Å². The molecule has 0 amide bonds. The number of epoxide rings is 1. The molecular formula is C18H18O4. The fourth-order valence-corrected chi connectivity index (χ4v) is 2.29. The van der Waals surface area contributed by atoms with Gasteiger partial charge in [-0.2, -0.15) is 0 Å². The SMILES string of the molecule is COc1ccc(C(=O)O[C@H]2O[C@H]2CCc2ccccc2)cc1. The Labute approximate surface area is 129 Å². The number of aryl methyl sites for hydroxylation is 1. The molecule has 114 valence electrons. The van der Waals surface area contributed by atoms with Gasteiger partial charge in [0, 0.05) is 0 Å². The first-order valence-electron chi connectivity index (χ1n) is 7.30. The summed E-state index contributed by atoms with van der Waals surface area (Å²) in [6.45, 7) is 0. The van der Waals surface area contributed by atoms with Crippen LogP contribution in [0.2, 0.25) is 0 Å². The molecular weight excluding hydrogens is 280 g/mol. The van der Waals surface area contributed by atoms with Crippen molar-refractivity contribution in [2.75, 3.05) is 7.11 Å². The van der Waals surface area contributed by atoms with Gasteiger partial charge in [-0.3, -0.25) is 0 Å². The fourth-order valence-electron chi connectivity index (χ4n) is 2.29. The Morgan fingerprint density at radius 1 is 1.09 bits per heavy atom. The smallest absolute Gasteiger partial charge is 0.340 e. The number of rotatable bonds is 6. The second-order valence-corrected chi connectivity index (χ2v) is 5.20. The maximum absolute atomic E-state index is 12.0. The molecule has 0 radical (unpaired) electrons. The van der Waals surface area contributed by atoms with Crippen molar-refractivity contribution in [1.29, 1.82) is 0 Å². The first-order chi connectivity index (χ1) is 10.8. The van der Waals surface area contributed by atoms with E-state index in [1.165, 1.54) is 5.56 Å². The molecule has 4 nitrogen and oxygen atoms in total. The molecule has 0 spiro atoms. The zero-order valence-corrected chi connectivity index (χ0v) is 12.4. The molecule has 2 aromatic carbocycles. The number of methoxy groups -OCH3 is 1. The average molecular weight is 298 g/mol. The molecule has 2 atom stereocenters. The molecule has 2 aromatic rings. The van der Waals surface area contributed by atoms with Crippen LogP contribution in [-0.4, -0.2) is 25.5 Å². The summed E-state index contributed by atoms with van der Waals surface area (Å²) in [6, 6.07) is 17.0. The lowest BCUT2D eigenvalue weighted by Crippen LogP contribution is -2.10. The molecule has 1 aliphatic heterocycles. The summed E-state index contributed by atoms with van der Waals surface area (Å²) in [7, 11) is 1.59. The third-order valence-electron chi connectivity index (χ3n) is 3.65. The summed E-state index contributed by atoms with van der Waals surface area (Å²) in [5.74, 6) is 0.342. The lowest BCUT2D eigenvalue weighted by atomic mass is 10.1. The second kappa shape index (κ2) is 6.62. The molecule has 0 bridgehead atoms. The van der Waals surface area contributed by atoms with Crippen molar-refractivity contribution in [3.8, 4) is 5.75 Å². The van der Waals surface area contributed by atoms with Gasteiger partial charge < -0.3 is 14.2 Å². The highest BCUT2D eigenvalue weighted by atomic mass is 16.8. The number of hydrogen-bond acceptors (Lipinski definition) is 4. The minimum atomic E-state index is -0.418. The number of esters is 1. The van der Waals surface area contributed by atoms with Crippen LogP contribution in [0.15, 0.2) is 54.6 Å². The van der Waals surface area contributed by atoms with Crippen LogP contribution in [0.3, 0.4) is 0 Å². The van der Waals surface area contributed by atoms with E-state index in [2.05, 4.69) is 12.1 Å². The van der Waals surface area contributed by atoms with Crippen molar-refractivity contribution in [3.63, 3.8) is 0 Å². The van der Waals surface area contributed by atoms with Crippen molar-refractivity contribution in [1.82, 2.24) is 0 Å². The van der Waals surface area contributed by atoms with E-state index in [1.807, 2.05) is 18.2 Å². The Bertz CT molecular complexity index is 621. The van der Waals surface area contributed by atoms with Crippen molar-refractivity contribution in [3.05, 3.63) is 65.7 Å². The van der Waals surface area contributed by atoms with E-state index in [9.17, 15) is 4.79 Å². The zero-order valence-electron chi connectivity index (χ0n) is 12.4. The molecule has 4 heteroatoms. The summed E-state index contributed by atoms with van der Waals surface area (Å²) in [5, 5.41) is 0. The molecule has 0 aromatic heterocycles. The Morgan fingerprint density at radius 3 is 2.50 bits per heavy atom. The van der Waals surface area contributed by atoms with Gasteiger partial charge >= 0.3 is 5.97 Å². The fraction of sp³-hybridized carbons (Fsp3) is 0.278. The van der Waals surface area contributed by atoms with E-state index in [0.29, 0.717) is 11.3 Å². The summed E-state index contributed by atoms with van der Waals surface area (Å²) < 4.78 is 15.8. The Hall–Kier alpha value is -2.33. The third-order valence-corrected chi connectivity index (χ3v) is 3.65. The van der Waals surface area contributed by atoms with Crippen molar-refractivity contribution >= 4 is 5.97 Å². The first kappa shape index (κ1) is 14.6. The maximum Gasteiger partial charge on any atom is 0.340 e. The molecule has 0 N–H and O–H groups in total. The molecule has 0 aliphatic carbocycles. The van der Waals surface area contributed by atoms with Crippen LogP contribution in [0, 0.1) is 0 Å². The van der Waals surface area contributed by atoms with Crippen LogP contribution in [0.5, 0.6) is 5.75 Å². The van der Waals surface area contributed by atoms with Gasteiger partial charge in [-0.1, -0.05) is 30.3 Å². The van der Waals surface area contributed by atoms with Gasteiger partial charge in [-0.05, 0) is 42.7 Å². The standard InChI is InChI=1S/C18H18O4/c1-20-15-10-8-14(9-11-15)17(19)22-18-16(21-18)12-7-13-5-3-2-4-6-13/h2-6,8-11,16,18H,7,12H2,1H3/t16-,18+/m0/s1. The molecule has 0 unspecified atom stereocenters. The van der Waals surface area contributed by atoms with E-state index in [1.54, 1.807) is 31.4 Å². The average Bonchev–Trinajstić information content (AvgIpc) is 3.32. The highest BCUT2D eigenvalue weighted by molar-refractivity contribution is 5.89. The summed E-state index contributed by atoms with van der Waals surface area (Å²) >= 11 is 0. The maximum atomic E-state index is 12.0. The number of carbonyl (C=O) groups excluding carboxylic acids is 1. The quantitative estimate of drug-likeness (QED) is 0.607. The van der Waals surface area contributed by atoms with Gasteiger partial charge in [0.15, 0.2) is 0 Å². The van der Waals surface area contributed by atoms with Gasteiger partial charge in [0.1, 0.15) is 11.9 Å². The highest BCUT2D eigenvalue weighted by Gasteiger charge is 2.42. The highest BCUT2D eigenvalue weighted by Crippen LogP contribution is 2.29. The van der Waals surface area contributed by atoms with Gasteiger partial charge in [-0.15, -0.1) is 0 Å². The van der Waals surface area contributed by atoms with E-state index in [-0.39, 0.29) is 12.1 Å². The van der Waals surface area contributed by atoms with Crippen LogP contribution >= 0.6 is 0 Å². The Kier molecular flexibility index (Phi) is 4.39. The molecule has 1 heterocycles. The largest absolute Gasteiger partial charge is 0.497 e. The van der Waals surface area contributed by atoms with Gasteiger partial charge in [-0.25, -0.2) is 4.79 Å². The molecule has 3 rings (SSSR count). The first-order valence-corrected chi connectivity index (χ1v) is 7.30. The lowest BCUT2D eigenvalue weighted by molar-refractivity contribution is 0.0297. The second-order valence-electron chi connectivity index (χ2n) is 5.20. The van der Waals surface area contributed by atoms with Crippen molar-refractivity contribution in [2.45, 2.75) is 25.2 Å². The predicted molar refractivity (Wildman–Crippen MR) is 81.8 cm³/mol. The lowest BCUT2D eigenvalue weighted by Gasteiger charge is -2.03.